The highest BCUT2D eigenvalue weighted by Gasteiger charge is 2.39. The van der Waals surface area contributed by atoms with E-state index in [1.807, 2.05) is 0 Å². The summed E-state index contributed by atoms with van der Waals surface area (Å²) in [6.45, 7) is 17.4. The lowest BCUT2D eigenvalue weighted by Crippen LogP contribution is -2.54. The van der Waals surface area contributed by atoms with Crippen molar-refractivity contribution in [1.29, 1.82) is 0 Å². The van der Waals surface area contributed by atoms with Gasteiger partial charge in [0.05, 0.1) is 19.3 Å². The predicted molar refractivity (Wildman–Crippen MR) is 119 cm³/mol. The molecule has 0 spiro atoms. The van der Waals surface area contributed by atoms with Gasteiger partial charge in [0.25, 0.3) is 0 Å². The Labute approximate surface area is 177 Å². The van der Waals surface area contributed by atoms with Crippen molar-refractivity contribution in [2.45, 2.75) is 58.1 Å². The van der Waals surface area contributed by atoms with Gasteiger partial charge in [0.15, 0.2) is 5.96 Å². The van der Waals surface area contributed by atoms with E-state index in [-0.39, 0.29) is 11.6 Å². The molecule has 2 N–H and O–H groups in total. The van der Waals surface area contributed by atoms with E-state index >= 15 is 0 Å². The number of morpholine rings is 1. The molecule has 7 heteroatoms. The Kier molecular flexibility index (Phi) is 9.03. The first-order chi connectivity index (χ1) is 14.1. The number of likely N-dealkylation sites (tertiary alicyclic amines) is 1. The molecule has 0 aromatic rings. The number of ether oxygens (including phenoxy) is 2. The summed E-state index contributed by atoms with van der Waals surface area (Å²) in [5, 5.41) is 6.98. The van der Waals surface area contributed by atoms with E-state index in [0.717, 1.165) is 77.9 Å². The molecule has 3 saturated heterocycles. The van der Waals surface area contributed by atoms with Gasteiger partial charge in [-0.05, 0) is 51.6 Å². The van der Waals surface area contributed by atoms with Crippen molar-refractivity contribution < 1.29 is 9.47 Å². The molecule has 3 aliphatic rings. The highest BCUT2D eigenvalue weighted by molar-refractivity contribution is 5.79. The molecule has 0 aromatic heterocycles. The zero-order chi connectivity index (χ0) is 20.5. The third kappa shape index (κ3) is 6.81. The monoisotopic (exact) mass is 409 g/mol. The molecule has 0 aromatic carbocycles. The van der Waals surface area contributed by atoms with Crippen LogP contribution in [0.25, 0.3) is 0 Å². The van der Waals surface area contributed by atoms with Gasteiger partial charge < -0.3 is 20.1 Å². The maximum atomic E-state index is 6.00. The Morgan fingerprint density at radius 3 is 2.55 bits per heavy atom. The Morgan fingerprint density at radius 1 is 1.10 bits per heavy atom. The van der Waals surface area contributed by atoms with Crippen molar-refractivity contribution in [2.24, 2.45) is 10.9 Å². The fourth-order valence-corrected chi connectivity index (χ4v) is 4.88. The summed E-state index contributed by atoms with van der Waals surface area (Å²) in [7, 11) is 0. The highest BCUT2D eigenvalue weighted by Crippen LogP contribution is 2.31. The van der Waals surface area contributed by atoms with E-state index in [2.05, 4.69) is 41.2 Å². The van der Waals surface area contributed by atoms with Crippen LogP contribution in [0.3, 0.4) is 0 Å². The van der Waals surface area contributed by atoms with Crippen LogP contribution in [0.5, 0.6) is 0 Å². The number of nitrogens with zero attached hydrogens (tertiary/aromatic N) is 3. The van der Waals surface area contributed by atoms with Gasteiger partial charge >= 0.3 is 0 Å². The number of guanidine groups is 1. The smallest absolute Gasteiger partial charge is 0.191 e. The third-order valence-electron chi connectivity index (χ3n) is 6.42. The first kappa shape index (κ1) is 22.8. The van der Waals surface area contributed by atoms with Crippen LogP contribution >= 0.6 is 0 Å². The normalized spacial score (nSPS) is 26.8. The second kappa shape index (κ2) is 11.5. The second-order valence-electron chi connectivity index (χ2n) is 9.25. The molecule has 3 aliphatic heterocycles. The van der Waals surface area contributed by atoms with Crippen LogP contribution < -0.4 is 10.6 Å². The Hall–Kier alpha value is -0.890. The lowest BCUT2D eigenvalue weighted by molar-refractivity contribution is -0.0285. The van der Waals surface area contributed by atoms with Crippen LogP contribution in [-0.2, 0) is 9.47 Å². The molecule has 29 heavy (non-hydrogen) atoms. The summed E-state index contributed by atoms with van der Waals surface area (Å²) in [5.41, 5.74) is 0.173. The summed E-state index contributed by atoms with van der Waals surface area (Å²) >= 11 is 0. The van der Waals surface area contributed by atoms with Crippen molar-refractivity contribution in [2.75, 3.05) is 72.2 Å². The molecular weight excluding hydrogens is 366 g/mol. The van der Waals surface area contributed by atoms with Crippen molar-refractivity contribution >= 4 is 5.96 Å². The van der Waals surface area contributed by atoms with E-state index < -0.39 is 0 Å². The summed E-state index contributed by atoms with van der Waals surface area (Å²) in [5.74, 6) is 1.61. The lowest BCUT2D eigenvalue weighted by atomic mass is 9.88. The lowest BCUT2D eigenvalue weighted by Gasteiger charge is -2.43. The summed E-state index contributed by atoms with van der Waals surface area (Å²) in [4.78, 5) is 10.2. The van der Waals surface area contributed by atoms with Crippen LogP contribution in [0.1, 0.15) is 46.5 Å². The molecule has 1 unspecified atom stereocenters. The van der Waals surface area contributed by atoms with Gasteiger partial charge in [-0.2, -0.15) is 0 Å². The van der Waals surface area contributed by atoms with Crippen molar-refractivity contribution in [3.05, 3.63) is 0 Å². The number of hydrogen-bond acceptors (Lipinski definition) is 5. The molecule has 0 amide bonds. The topological polar surface area (TPSA) is 61.4 Å². The molecule has 0 radical (unpaired) electrons. The predicted octanol–water partition coefficient (Wildman–Crippen LogP) is 1.54. The van der Waals surface area contributed by atoms with Gasteiger partial charge in [0.1, 0.15) is 0 Å². The highest BCUT2D eigenvalue weighted by atomic mass is 16.5. The molecule has 0 aliphatic carbocycles. The summed E-state index contributed by atoms with van der Waals surface area (Å²) < 4.78 is 11.7. The Balaban J connectivity index is 1.55. The maximum absolute atomic E-state index is 6.00. The van der Waals surface area contributed by atoms with Crippen molar-refractivity contribution in [3.8, 4) is 0 Å². The van der Waals surface area contributed by atoms with Gasteiger partial charge in [0, 0.05) is 51.5 Å². The fraction of sp³-hybridized carbons (Fsp3) is 0.955. The quantitative estimate of drug-likeness (QED) is 0.468. The van der Waals surface area contributed by atoms with Crippen molar-refractivity contribution in [1.82, 2.24) is 20.4 Å². The molecule has 3 rings (SSSR count). The number of aliphatic imine (C=N–C) groups is 1. The minimum Gasteiger partial charge on any atom is -0.381 e. The molecule has 168 valence electrons. The van der Waals surface area contributed by atoms with Crippen LogP contribution in [0.2, 0.25) is 0 Å². The maximum Gasteiger partial charge on any atom is 0.191 e. The van der Waals surface area contributed by atoms with Crippen LogP contribution in [0.4, 0.5) is 0 Å². The minimum absolute atomic E-state index is 0.173. The summed E-state index contributed by atoms with van der Waals surface area (Å²) in [6.07, 6.45) is 5.03. The Bertz CT molecular complexity index is 501. The van der Waals surface area contributed by atoms with E-state index in [1.54, 1.807) is 0 Å². The van der Waals surface area contributed by atoms with Crippen molar-refractivity contribution in [3.63, 3.8) is 0 Å². The molecule has 1 atom stereocenters. The fourth-order valence-electron chi connectivity index (χ4n) is 4.88. The molecule has 0 bridgehead atoms. The standard InChI is InChI=1S/C22H43N5O2/c1-4-23-21(24-15-20-17-26(11-14-29-20)16-19(2)3)25-18-22(7-12-28-13-8-22)27-9-5-6-10-27/h19-20H,4-18H2,1-3H3,(H2,23,24,25). The van der Waals surface area contributed by atoms with Gasteiger partial charge in [0.2, 0.25) is 0 Å². The van der Waals surface area contributed by atoms with Gasteiger partial charge in [-0.15, -0.1) is 0 Å². The second-order valence-corrected chi connectivity index (χ2v) is 9.25. The van der Waals surface area contributed by atoms with E-state index in [4.69, 9.17) is 14.5 Å². The molecule has 0 saturated carbocycles. The van der Waals surface area contributed by atoms with E-state index in [9.17, 15) is 0 Å². The minimum atomic E-state index is 0.173. The molecular formula is C22H43N5O2. The van der Waals surface area contributed by atoms with Gasteiger partial charge in [-0.3, -0.25) is 14.8 Å². The Morgan fingerprint density at radius 2 is 1.86 bits per heavy atom. The number of hydrogen-bond donors (Lipinski definition) is 2. The zero-order valence-electron chi connectivity index (χ0n) is 18.9. The largest absolute Gasteiger partial charge is 0.381 e. The van der Waals surface area contributed by atoms with Gasteiger partial charge in [-0.1, -0.05) is 13.8 Å². The average molecular weight is 410 g/mol. The first-order valence-corrected chi connectivity index (χ1v) is 11.8. The van der Waals surface area contributed by atoms with E-state index in [0.29, 0.717) is 5.92 Å². The summed E-state index contributed by atoms with van der Waals surface area (Å²) in [6, 6.07) is 0. The third-order valence-corrected chi connectivity index (χ3v) is 6.42. The molecule has 7 nitrogen and oxygen atoms in total. The van der Waals surface area contributed by atoms with E-state index in [1.165, 1.54) is 25.9 Å². The molecule has 3 heterocycles. The average Bonchev–Trinajstić information content (AvgIpc) is 3.26. The number of nitrogens with one attached hydrogen (secondary N) is 2. The zero-order valence-corrected chi connectivity index (χ0v) is 18.9. The number of rotatable bonds is 8. The first-order valence-electron chi connectivity index (χ1n) is 11.8. The van der Waals surface area contributed by atoms with Crippen LogP contribution in [0.15, 0.2) is 4.99 Å². The molecule has 3 fully saturated rings. The van der Waals surface area contributed by atoms with Crippen LogP contribution in [0, 0.1) is 5.92 Å². The SMILES string of the molecule is CCNC(=NCC1(N2CCCC2)CCOCC1)NCC1CN(CC(C)C)CCO1. The van der Waals surface area contributed by atoms with Gasteiger partial charge in [-0.25, -0.2) is 0 Å². The van der Waals surface area contributed by atoms with Crippen LogP contribution in [-0.4, -0.2) is 99.6 Å².